The minimum Gasteiger partial charge on any atom is -0.383 e. The molecule has 0 radical (unpaired) electrons. The largest absolute Gasteiger partial charge is 0.383 e. The Labute approximate surface area is 152 Å². The summed E-state index contributed by atoms with van der Waals surface area (Å²) in [5, 5.41) is 14.5. The molecule has 1 aromatic carbocycles. The van der Waals surface area contributed by atoms with Crippen LogP contribution in [0.1, 0.15) is 38.6 Å². The monoisotopic (exact) mass is 352 g/mol. The van der Waals surface area contributed by atoms with Crippen molar-refractivity contribution in [3.8, 4) is 0 Å². The third-order valence-electron chi connectivity index (χ3n) is 4.51. The van der Waals surface area contributed by atoms with Gasteiger partial charge in [-0.2, -0.15) is 10.2 Å². The van der Waals surface area contributed by atoms with E-state index in [1.807, 2.05) is 44.2 Å². The molecule has 0 aliphatic rings. The number of carbonyl (C=O) groups excluding carboxylic acids is 1. The van der Waals surface area contributed by atoms with Crippen molar-refractivity contribution in [2.24, 2.45) is 0 Å². The van der Waals surface area contributed by atoms with Crippen LogP contribution >= 0.6 is 0 Å². The molecule has 2 aromatic heterocycles. The standard InChI is InChI=1S/C19H24N6O/c1-12-16(13(2)23-22-12)9-10-21-19(26)17-14(3)24-25(18(17)20)11-15-7-5-4-6-8-15/h4-8H,9-11,20H2,1-3H3,(H,21,26)(H,22,23). The molecule has 2 heterocycles. The van der Waals surface area contributed by atoms with E-state index >= 15 is 0 Å². The number of H-pyrrole nitrogens is 1. The predicted octanol–water partition coefficient (Wildman–Crippen LogP) is 2.13. The van der Waals surface area contributed by atoms with E-state index < -0.39 is 0 Å². The molecular weight excluding hydrogens is 328 g/mol. The fourth-order valence-electron chi connectivity index (χ4n) is 3.09. The molecule has 3 aromatic rings. The maximum atomic E-state index is 12.6. The van der Waals surface area contributed by atoms with Gasteiger partial charge in [-0.1, -0.05) is 30.3 Å². The highest BCUT2D eigenvalue weighted by Gasteiger charge is 2.19. The zero-order valence-corrected chi connectivity index (χ0v) is 15.3. The molecule has 0 unspecified atom stereocenters. The summed E-state index contributed by atoms with van der Waals surface area (Å²) in [7, 11) is 0. The average Bonchev–Trinajstić information content (AvgIpc) is 3.08. The van der Waals surface area contributed by atoms with Crippen molar-refractivity contribution < 1.29 is 4.79 Å². The molecule has 4 N–H and O–H groups in total. The number of benzene rings is 1. The predicted molar refractivity (Wildman–Crippen MR) is 101 cm³/mol. The molecule has 0 aliphatic carbocycles. The van der Waals surface area contributed by atoms with Gasteiger partial charge in [0.15, 0.2) is 0 Å². The minimum absolute atomic E-state index is 0.196. The highest BCUT2D eigenvalue weighted by molar-refractivity contribution is 5.99. The highest BCUT2D eigenvalue weighted by atomic mass is 16.1. The first-order chi connectivity index (χ1) is 12.5. The van der Waals surface area contributed by atoms with Gasteiger partial charge in [-0.05, 0) is 38.3 Å². The number of hydrogen-bond donors (Lipinski definition) is 3. The van der Waals surface area contributed by atoms with Crippen LogP contribution in [0.5, 0.6) is 0 Å². The second-order valence-corrected chi connectivity index (χ2v) is 6.41. The van der Waals surface area contributed by atoms with E-state index in [0.717, 1.165) is 28.9 Å². The van der Waals surface area contributed by atoms with Crippen molar-refractivity contribution in [2.45, 2.75) is 33.7 Å². The van der Waals surface area contributed by atoms with E-state index in [1.54, 1.807) is 11.6 Å². The van der Waals surface area contributed by atoms with Gasteiger partial charge in [-0.15, -0.1) is 0 Å². The van der Waals surface area contributed by atoms with E-state index in [-0.39, 0.29) is 5.91 Å². The van der Waals surface area contributed by atoms with Crippen molar-refractivity contribution >= 4 is 11.7 Å². The smallest absolute Gasteiger partial charge is 0.256 e. The molecule has 0 saturated carbocycles. The van der Waals surface area contributed by atoms with Crippen LogP contribution in [-0.2, 0) is 13.0 Å². The van der Waals surface area contributed by atoms with Crippen LogP contribution in [0.25, 0.3) is 0 Å². The number of nitrogens with two attached hydrogens (primary N) is 1. The molecule has 26 heavy (non-hydrogen) atoms. The van der Waals surface area contributed by atoms with Gasteiger partial charge in [-0.3, -0.25) is 9.89 Å². The Bertz CT molecular complexity index is 890. The van der Waals surface area contributed by atoms with Gasteiger partial charge in [0.1, 0.15) is 11.4 Å². The molecule has 1 amide bonds. The van der Waals surface area contributed by atoms with Crippen molar-refractivity contribution in [3.63, 3.8) is 0 Å². The lowest BCUT2D eigenvalue weighted by atomic mass is 10.1. The lowest BCUT2D eigenvalue weighted by Crippen LogP contribution is -2.27. The summed E-state index contributed by atoms with van der Waals surface area (Å²) in [6.07, 6.45) is 0.719. The van der Waals surface area contributed by atoms with Crippen molar-refractivity contribution in [2.75, 3.05) is 12.3 Å². The topological polar surface area (TPSA) is 102 Å². The molecule has 0 saturated heterocycles. The Balaban J connectivity index is 1.67. The average molecular weight is 352 g/mol. The van der Waals surface area contributed by atoms with Gasteiger partial charge < -0.3 is 11.1 Å². The van der Waals surface area contributed by atoms with Crippen LogP contribution in [0, 0.1) is 20.8 Å². The summed E-state index contributed by atoms with van der Waals surface area (Å²) in [5.74, 6) is 0.192. The zero-order valence-electron chi connectivity index (χ0n) is 15.3. The molecule has 7 nitrogen and oxygen atoms in total. The van der Waals surface area contributed by atoms with E-state index in [4.69, 9.17) is 5.73 Å². The van der Waals surface area contributed by atoms with E-state index in [9.17, 15) is 4.79 Å². The van der Waals surface area contributed by atoms with Gasteiger partial charge >= 0.3 is 0 Å². The van der Waals surface area contributed by atoms with Crippen LogP contribution in [0.2, 0.25) is 0 Å². The Kier molecular flexibility index (Phi) is 5.06. The molecule has 136 valence electrons. The quantitative estimate of drug-likeness (QED) is 0.632. The third kappa shape index (κ3) is 3.61. The lowest BCUT2D eigenvalue weighted by Gasteiger charge is -2.07. The normalized spacial score (nSPS) is 10.9. The molecule has 0 spiro atoms. The molecule has 0 bridgehead atoms. The second-order valence-electron chi connectivity index (χ2n) is 6.41. The van der Waals surface area contributed by atoms with Crippen LogP contribution < -0.4 is 11.1 Å². The third-order valence-corrected chi connectivity index (χ3v) is 4.51. The SMILES string of the molecule is Cc1n[nH]c(C)c1CCNC(=O)c1c(C)nn(Cc2ccccc2)c1N. The van der Waals surface area contributed by atoms with Crippen LogP contribution in [-0.4, -0.2) is 32.4 Å². The fourth-order valence-corrected chi connectivity index (χ4v) is 3.09. The molecule has 3 rings (SSSR count). The maximum Gasteiger partial charge on any atom is 0.256 e. The summed E-state index contributed by atoms with van der Waals surface area (Å²) in [5.41, 5.74) is 11.5. The molecule has 7 heteroatoms. The van der Waals surface area contributed by atoms with Crippen LogP contribution in [0.4, 0.5) is 5.82 Å². The minimum atomic E-state index is -0.196. The van der Waals surface area contributed by atoms with E-state index in [2.05, 4.69) is 20.6 Å². The van der Waals surface area contributed by atoms with Crippen LogP contribution in [0.15, 0.2) is 30.3 Å². The number of carbonyl (C=O) groups is 1. The van der Waals surface area contributed by atoms with Gasteiger partial charge in [0.25, 0.3) is 5.91 Å². The number of aromatic amines is 1. The summed E-state index contributed by atoms with van der Waals surface area (Å²) in [6, 6.07) is 9.91. The number of rotatable bonds is 6. The van der Waals surface area contributed by atoms with Gasteiger partial charge in [0.2, 0.25) is 0 Å². The Hall–Kier alpha value is -3.09. The zero-order chi connectivity index (χ0) is 18.7. The summed E-state index contributed by atoms with van der Waals surface area (Å²) in [6.45, 7) is 6.79. The maximum absolute atomic E-state index is 12.6. The summed E-state index contributed by atoms with van der Waals surface area (Å²) < 4.78 is 1.67. The van der Waals surface area contributed by atoms with Gasteiger partial charge in [0.05, 0.1) is 17.9 Å². The molecule has 0 atom stereocenters. The van der Waals surface area contributed by atoms with Crippen molar-refractivity contribution in [3.05, 3.63) is 64.1 Å². The number of nitrogen functional groups attached to an aromatic ring is 1. The first kappa shape index (κ1) is 17.7. The number of nitrogens with one attached hydrogen (secondary N) is 2. The first-order valence-corrected chi connectivity index (χ1v) is 8.62. The van der Waals surface area contributed by atoms with E-state index in [0.29, 0.717) is 30.2 Å². The fraction of sp³-hybridized carbons (Fsp3) is 0.316. The van der Waals surface area contributed by atoms with Gasteiger partial charge in [-0.25, -0.2) is 4.68 Å². The van der Waals surface area contributed by atoms with Crippen molar-refractivity contribution in [1.82, 2.24) is 25.3 Å². The molecule has 0 aliphatic heterocycles. The van der Waals surface area contributed by atoms with E-state index in [1.165, 1.54) is 0 Å². The number of amides is 1. The van der Waals surface area contributed by atoms with Gasteiger partial charge in [0, 0.05) is 12.2 Å². The van der Waals surface area contributed by atoms with Crippen LogP contribution in [0.3, 0.4) is 0 Å². The Morgan fingerprint density at radius 2 is 1.92 bits per heavy atom. The Morgan fingerprint density at radius 1 is 1.19 bits per heavy atom. The Morgan fingerprint density at radius 3 is 2.58 bits per heavy atom. The van der Waals surface area contributed by atoms with Crippen molar-refractivity contribution in [1.29, 1.82) is 0 Å². The second kappa shape index (κ2) is 7.43. The number of nitrogens with zero attached hydrogens (tertiary/aromatic N) is 3. The number of hydrogen-bond acceptors (Lipinski definition) is 4. The summed E-state index contributed by atoms with van der Waals surface area (Å²) in [4.78, 5) is 12.6. The molecule has 0 fully saturated rings. The molecular formula is C19H24N6O. The lowest BCUT2D eigenvalue weighted by molar-refractivity contribution is 0.0954. The number of aryl methyl sites for hydroxylation is 3. The number of anilines is 1. The first-order valence-electron chi connectivity index (χ1n) is 8.62. The highest BCUT2D eigenvalue weighted by Crippen LogP contribution is 2.18. The number of aromatic nitrogens is 4. The summed E-state index contributed by atoms with van der Waals surface area (Å²) >= 11 is 0.